The maximum absolute atomic E-state index is 13.4. The van der Waals surface area contributed by atoms with Crippen LogP contribution in [0.5, 0.6) is 17.2 Å². The van der Waals surface area contributed by atoms with Crippen LogP contribution in [0.3, 0.4) is 0 Å². The molecule has 10 heteroatoms. The molecule has 0 spiro atoms. The quantitative estimate of drug-likeness (QED) is 0.223. The number of benzene rings is 2. The fourth-order valence-corrected chi connectivity index (χ4v) is 6.99. The molecule has 2 aromatic carbocycles. The van der Waals surface area contributed by atoms with Gasteiger partial charge in [0, 0.05) is 17.1 Å². The second kappa shape index (κ2) is 13.9. The van der Waals surface area contributed by atoms with E-state index in [9.17, 15) is 14.7 Å². The van der Waals surface area contributed by atoms with Crippen molar-refractivity contribution in [2.75, 3.05) is 21.3 Å². The minimum atomic E-state index is -1.97. The molecule has 1 aliphatic heterocycles. The topological polar surface area (TPSA) is 117 Å². The normalized spacial score (nSPS) is 21.3. The highest BCUT2D eigenvalue weighted by molar-refractivity contribution is 7.00. The molecule has 2 heterocycles. The fourth-order valence-electron chi connectivity index (χ4n) is 6.47. The van der Waals surface area contributed by atoms with Gasteiger partial charge in [0.05, 0.1) is 38.6 Å². The summed E-state index contributed by atoms with van der Waals surface area (Å²) < 4.78 is 30.8. The average molecular weight is 609 g/mol. The minimum absolute atomic E-state index is 0.345. The molecule has 1 atom stereocenters. The zero-order valence-corrected chi connectivity index (χ0v) is 25.9. The van der Waals surface area contributed by atoms with E-state index >= 15 is 0 Å². The van der Waals surface area contributed by atoms with E-state index in [1.807, 2.05) is 18.2 Å². The number of rotatable bonds is 8. The molecule has 230 valence electrons. The lowest BCUT2D eigenvalue weighted by atomic mass is 9.80. The van der Waals surface area contributed by atoms with Gasteiger partial charge in [0.1, 0.15) is 17.3 Å². The van der Waals surface area contributed by atoms with Crippen molar-refractivity contribution in [2.45, 2.75) is 76.4 Å². The first-order chi connectivity index (χ1) is 20.9. The number of hydrogen-bond donors (Lipinski definition) is 1. The molecule has 0 amide bonds. The van der Waals surface area contributed by atoms with Crippen molar-refractivity contribution in [3.8, 4) is 17.2 Å². The molecule has 1 aromatic heterocycles. The molecule has 0 bridgehead atoms. The van der Waals surface area contributed by atoms with Gasteiger partial charge >= 0.3 is 5.97 Å². The number of aromatic nitrogens is 2. The van der Waals surface area contributed by atoms with E-state index in [0.717, 1.165) is 62.1 Å². The lowest BCUT2D eigenvalue weighted by molar-refractivity contribution is -0.185. The number of ether oxygens (including phenoxy) is 4. The third kappa shape index (κ3) is 6.55. The Morgan fingerprint density at radius 3 is 2.12 bits per heavy atom. The smallest absolute Gasteiger partial charge is 0.341 e. The summed E-state index contributed by atoms with van der Waals surface area (Å²) >= 11 is 1.12. The Kier molecular flexibility index (Phi) is 9.97. The Hall–Kier alpha value is -3.50. The summed E-state index contributed by atoms with van der Waals surface area (Å²) in [4.78, 5) is 23.5. The van der Waals surface area contributed by atoms with E-state index < -0.39 is 11.8 Å². The molecule has 9 nitrogen and oxygen atoms in total. The van der Waals surface area contributed by atoms with Gasteiger partial charge in [-0.15, -0.1) is 0 Å². The number of cyclic esters (lactones) is 1. The van der Waals surface area contributed by atoms with E-state index in [1.54, 1.807) is 12.1 Å². The van der Waals surface area contributed by atoms with Crippen LogP contribution in [-0.4, -0.2) is 47.4 Å². The van der Waals surface area contributed by atoms with Crippen LogP contribution >= 0.6 is 11.7 Å². The monoisotopic (exact) mass is 608 g/mol. The van der Waals surface area contributed by atoms with Crippen molar-refractivity contribution in [3.63, 3.8) is 0 Å². The number of carbonyl (C=O) groups excluding carboxylic acids is 2. The second-order valence-electron chi connectivity index (χ2n) is 11.5. The number of methoxy groups -OCH3 is 3. The molecule has 43 heavy (non-hydrogen) atoms. The highest BCUT2D eigenvalue weighted by Gasteiger charge is 2.49. The molecule has 2 fully saturated rings. The van der Waals surface area contributed by atoms with Crippen molar-refractivity contribution >= 4 is 40.6 Å². The van der Waals surface area contributed by atoms with Crippen LogP contribution in [0, 0.1) is 11.8 Å². The van der Waals surface area contributed by atoms with E-state index in [-0.39, 0.29) is 0 Å². The first kappa shape index (κ1) is 30.9. The first-order valence-corrected chi connectivity index (χ1v) is 15.8. The number of aliphatic hydroxyl groups is 1. The van der Waals surface area contributed by atoms with E-state index in [4.69, 9.17) is 18.9 Å². The van der Waals surface area contributed by atoms with Gasteiger partial charge in [0.25, 0.3) is 5.79 Å². The molecule has 6 rings (SSSR count). The summed E-state index contributed by atoms with van der Waals surface area (Å²) in [6, 6.07) is 8.76. The summed E-state index contributed by atoms with van der Waals surface area (Å²) in [6.07, 6.45) is 13.4. The van der Waals surface area contributed by atoms with Crippen molar-refractivity contribution in [2.24, 2.45) is 11.8 Å². The number of nitrogens with zero attached hydrogens (tertiary/aromatic N) is 2. The Morgan fingerprint density at radius 2 is 1.53 bits per heavy atom. The maximum Gasteiger partial charge on any atom is 0.341 e. The number of esters is 1. The molecule has 3 aliphatic rings. The van der Waals surface area contributed by atoms with Crippen LogP contribution in [0.2, 0.25) is 0 Å². The summed E-state index contributed by atoms with van der Waals surface area (Å²) in [5, 5.41) is 12.1. The standard InChI is InChI=1S/C26H28N2O6S.C7H12O/c1-31-21-13-17(14-22(32-2)24(21)33-3)26(30)18(11-15-7-5-4-6-8-15)23(25(29)34-26)16-9-10-19-20(12-16)28-35-27-19;8-6-7-4-2-1-3-5-7/h9-10,12-15,30H,4-8,11H2,1-3H3;6-7H,1-5H2. The van der Waals surface area contributed by atoms with Crippen molar-refractivity contribution in [1.82, 2.24) is 8.75 Å². The highest BCUT2D eigenvalue weighted by Crippen LogP contribution is 2.50. The molecular formula is C33H40N2O7S. The number of aldehydes is 1. The Bertz CT molecular complexity index is 1450. The van der Waals surface area contributed by atoms with Crippen molar-refractivity contribution < 1.29 is 33.6 Å². The highest BCUT2D eigenvalue weighted by atomic mass is 32.1. The van der Waals surface area contributed by atoms with Crippen molar-refractivity contribution in [1.29, 1.82) is 0 Å². The van der Waals surface area contributed by atoms with E-state index in [2.05, 4.69) is 8.75 Å². The first-order valence-electron chi connectivity index (χ1n) is 15.1. The Balaban J connectivity index is 0.000000400. The van der Waals surface area contributed by atoms with Crippen LogP contribution in [0.4, 0.5) is 0 Å². The van der Waals surface area contributed by atoms with Gasteiger partial charge in [-0.2, -0.15) is 8.75 Å². The lowest BCUT2D eigenvalue weighted by Crippen LogP contribution is -2.30. The third-order valence-corrected chi connectivity index (χ3v) is 9.37. The van der Waals surface area contributed by atoms with Crippen LogP contribution < -0.4 is 14.2 Å². The van der Waals surface area contributed by atoms with Gasteiger partial charge in [-0.3, -0.25) is 0 Å². The molecule has 1 N–H and O–H groups in total. The van der Waals surface area contributed by atoms with Crippen LogP contribution in [0.25, 0.3) is 16.6 Å². The Labute approximate surface area is 256 Å². The molecule has 0 saturated heterocycles. The van der Waals surface area contributed by atoms with Crippen LogP contribution in [0.1, 0.15) is 81.8 Å². The van der Waals surface area contributed by atoms with E-state index in [1.165, 1.54) is 47.0 Å². The van der Waals surface area contributed by atoms with E-state index in [0.29, 0.717) is 63.3 Å². The molecule has 2 aliphatic carbocycles. The molecule has 1 unspecified atom stereocenters. The maximum atomic E-state index is 13.4. The zero-order chi connectivity index (χ0) is 30.4. The minimum Gasteiger partial charge on any atom is -0.493 e. The number of carbonyl (C=O) groups is 2. The van der Waals surface area contributed by atoms with Gasteiger partial charge in [-0.25, -0.2) is 4.79 Å². The predicted octanol–water partition coefficient (Wildman–Crippen LogP) is 6.61. The van der Waals surface area contributed by atoms with Gasteiger partial charge in [0.2, 0.25) is 5.75 Å². The van der Waals surface area contributed by atoms with Gasteiger partial charge in [-0.05, 0) is 55.0 Å². The fraction of sp³-hybridized carbons (Fsp3) is 0.515. The molecule has 0 radical (unpaired) electrons. The third-order valence-electron chi connectivity index (χ3n) is 8.81. The number of hydrogen-bond acceptors (Lipinski definition) is 10. The van der Waals surface area contributed by atoms with Gasteiger partial charge < -0.3 is 28.8 Å². The molecular weight excluding hydrogens is 568 g/mol. The summed E-state index contributed by atoms with van der Waals surface area (Å²) in [5.41, 5.74) is 3.39. The summed E-state index contributed by atoms with van der Waals surface area (Å²) in [5.74, 6) is -0.657. The second-order valence-corrected chi connectivity index (χ2v) is 12.0. The Morgan fingerprint density at radius 1 is 0.907 bits per heavy atom. The predicted molar refractivity (Wildman–Crippen MR) is 164 cm³/mol. The summed E-state index contributed by atoms with van der Waals surface area (Å²) in [6.45, 7) is 0. The largest absolute Gasteiger partial charge is 0.493 e. The van der Waals surface area contributed by atoms with Gasteiger partial charge in [0.15, 0.2) is 11.5 Å². The summed E-state index contributed by atoms with van der Waals surface area (Å²) in [7, 11) is 4.53. The van der Waals surface area contributed by atoms with Crippen LogP contribution in [0.15, 0.2) is 35.9 Å². The molecule has 2 saturated carbocycles. The molecule has 3 aromatic rings. The van der Waals surface area contributed by atoms with Crippen LogP contribution in [-0.2, 0) is 20.1 Å². The average Bonchev–Trinajstić information content (AvgIpc) is 3.62. The zero-order valence-electron chi connectivity index (χ0n) is 25.1. The van der Waals surface area contributed by atoms with Crippen molar-refractivity contribution in [3.05, 3.63) is 47.0 Å². The lowest BCUT2D eigenvalue weighted by Gasteiger charge is -2.30. The SMILES string of the molecule is COc1cc(C2(O)OC(=O)C(c3ccc4nsnc4c3)=C2CC2CCCCC2)cc(OC)c1OC.O=CC1CCCCC1. The van der Waals surface area contributed by atoms with Gasteiger partial charge in [-0.1, -0.05) is 57.4 Å². The number of fused-ring (bicyclic) bond motifs is 1.